The van der Waals surface area contributed by atoms with E-state index in [-0.39, 0.29) is 24.7 Å². The molecule has 262 valence electrons. The molecule has 1 saturated heterocycles. The van der Waals surface area contributed by atoms with E-state index in [9.17, 15) is 14.4 Å². The maximum absolute atomic E-state index is 13.7. The van der Waals surface area contributed by atoms with Crippen LogP contribution in [0.15, 0.2) is 42.7 Å². The Kier molecular flexibility index (Phi) is 9.56. The van der Waals surface area contributed by atoms with Gasteiger partial charge in [-0.3, -0.25) is 4.79 Å². The van der Waals surface area contributed by atoms with E-state index in [2.05, 4.69) is 20.3 Å². The van der Waals surface area contributed by atoms with Crippen molar-refractivity contribution in [2.75, 3.05) is 37.7 Å². The average Bonchev–Trinajstić information content (AvgIpc) is 3.61. The summed E-state index contributed by atoms with van der Waals surface area (Å²) in [5.41, 5.74) is 2.39. The number of benzene rings is 1. The van der Waals surface area contributed by atoms with Crippen LogP contribution in [-0.2, 0) is 27.3 Å². The summed E-state index contributed by atoms with van der Waals surface area (Å²) in [6.07, 6.45) is 5.63. The number of rotatable bonds is 8. The number of hydrogen-bond donors (Lipinski definition) is 1. The molecule has 3 aromatic heterocycles. The Balaban J connectivity index is 1.25. The van der Waals surface area contributed by atoms with Crippen LogP contribution in [0.1, 0.15) is 82.6 Å². The lowest BCUT2D eigenvalue weighted by molar-refractivity contribution is 0.0163. The van der Waals surface area contributed by atoms with Gasteiger partial charge in [-0.1, -0.05) is 18.6 Å². The molecule has 1 aromatic carbocycles. The van der Waals surface area contributed by atoms with E-state index < -0.39 is 23.4 Å². The number of fused-ring (bicyclic) bond motifs is 2. The predicted octanol–water partition coefficient (Wildman–Crippen LogP) is 5.77. The van der Waals surface area contributed by atoms with Crippen molar-refractivity contribution in [3.05, 3.63) is 59.7 Å². The maximum Gasteiger partial charge on any atom is 0.419 e. The Bertz CT molecular complexity index is 1840. The van der Waals surface area contributed by atoms with Gasteiger partial charge in [0, 0.05) is 37.3 Å². The molecule has 49 heavy (non-hydrogen) atoms. The first kappa shape index (κ1) is 34.2. The molecule has 0 spiro atoms. The van der Waals surface area contributed by atoms with E-state index in [0.29, 0.717) is 42.5 Å². The third kappa shape index (κ3) is 8.15. The second-order valence-electron chi connectivity index (χ2n) is 14.9. The lowest BCUT2D eigenvalue weighted by Gasteiger charge is -2.33. The summed E-state index contributed by atoms with van der Waals surface area (Å²) in [7, 11) is 0. The van der Waals surface area contributed by atoms with Crippen molar-refractivity contribution in [3.8, 4) is 0 Å². The summed E-state index contributed by atoms with van der Waals surface area (Å²) >= 11 is 0. The van der Waals surface area contributed by atoms with E-state index in [0.717, 1.165) is 49.0 Å². The van der Waals surface area contributed by atoms with Gasteiger partial charge in [0.1, 0.15) is 16.9 Å². The fourth-order valence-corrected chi connectivity index (χ4v) is 6.08. The molecule has 1 saturated carbocycles. The molecule has 0 unspecified atom stereocenters. The monoisotopic (exact) mass is 673 g/mol. The summed E-state index contributed by atoms with van der Waals surface area (Å²) in [5.74, 6) is 0.0578. The molecule has 1 aliphatic heterocycles. The first-order valence-electron chi connectivity index (χ1n) is 17.0. The summed E-state index contributed by atoms with van der Waals surface area (Å²) in [6.45, 7) is 14.7. The van der Waals surface area contributed by atoms with Gasteiger partial charge in [-0.25, -0.2) is 23.7 Å². The smallest absolute Gasteiger partial charge is 0.419 e. The number of ether oxygens (including phenoxy) is 3. The van der Waals surface area contributed by atoms with Gasteiger partial charge in [-0.05, 0) is 84.1 Å². The number of anilines is 1. The minimum Gasteiger partial charge on any atom is -0.444 e. The molecule has 4 aromatic rings. The van der Waals surface area contributed by atoms with E-state index in [1.807, 2.05) is 71.9 Å². The fourth-order valence-electron chi connectivity index (χ4n) is 6.08. The third-order valence-electron chi connectivity index (χ3n) is 8.61. The number of imidazole rings is 1. The second-order valence-corrected chi connectivity index (χ2v) is 14.9. The number of nitrogens with zero attached hydrogens (tertiary/aromatic N) is 6. The standard InChI is InChI=1S/C36H47N7O6/c1-35(2,3)48-33(45)41(21-24-8-7-9-24)22-27-19-26-11-10-25(18-30(26)43(27)34(46)49-36(4,5)6)20-37-32(44)28-23-42-31(39-28)29(12-13-38-42)40-14-16-47-17-15-40/h10-13,18-19,23-24H,7-9,14-17,20-22H2,1-6H3,(H,37,44). The van der Waals surface area contributed by atoms with Crippen molar-refractivity contribution in [1.29, 1.82) is 0 Å². The van der Waals surface area contributed by atoms with Crippen LogP contribution >= 0.6 is 0 Å². The van der Waals surface area contributed by atoms with E-state index in [4.69, 9.17) is 14.2 Å². The number of morpholine rings is 1. The number of carbonyl (C=O) groups excluding carboxylic acids is 3. The molecule has 2 fully saturated rings. The van der Waals surface area contributed by atoms with Crippen LogP contribution in [-0.4, -0.2) is 86.2 Å². The maximum atomic E-state index is 13.7. The molecule has 6 rings (SSSR count). The van der Waals surface area contributed by atoms with Crippen molar-refractivity contribution in [2.45, 2.75) is 85.1 Å². The molecule has 4 heterocycles. The molecule has 1 aliphatic carbocycles. The van der Waals surface area contributed by atoms with Crippen LogP contribution in [0, 0.1) is 5.92 Å². The van der Waals surface area contributed by atoms with Crippen LogP contribution in [0.3, 0.4) is 0 Å². The van der Waals surface area contributed by atoms with Crippen molar-refractivity contribution >= 4 is 40.3 Å². The molecule has 0 bridgehead atoms. The zero-order chi connectivity index (χ0) is 34.9. The number of amides is 2. The minimum absolute atomic E-state index is 0.180. The molecule has 13 nitrogen and oxygen atoms in total. The van der Waals surface area contributed by atoms with Gasteiger partial charge in [0.2, 0.25) is 0 Å². The predicted molar refractivity (Wildman–Crippen MR) is 185 cm³/mol. The molecule has 1 N–H and O–H groups in total. The van der Waals surface area contributed by atoms with Gasteiger partial charge in [-0.15, -0.1) is 0 Å². The van der Waals surface area contributed by atoms with Crippen LogP contribution in [0.2, 0.25) is 0 Å². The molecular formula is C36H47N7O6. The van der Waals surface area contributed by atoms with Crippen molar-refractivity contribution < 1.29 is 28.6 Å². The quantitative estimate of drug-likeness (QED) is 0.248. The fraction of sp³-hybridized carbons (Fsp3) is 0.528. The first-order valence-corrected chi connectivity index (χ1v) is 17.0. The molecule has 13 heteroatoms. The van der Waals surface area contributed by atoms with E-state index in [1.54, 1.807) is 21.8 Å². The van der Waals surface area contributed by atoms with Crippen molar-refractivity contribution in [3.63, 3.8) is 0 Å². The molecule has 0 atom stereocenters. The Morgan fingerprint density at radius 1 is 1.00 bits per heavy atom. The number of nitrogens with one attached hydrogen (secondary N) is 1. The van der Waals surface area contributed by atoms with Crippen LogP contribution in [0.25, 0.3) is 16.6 Å². The molecule has 0 radical (unpaired) electrons. The Labute approximate surface area is 286 Å². The van der Waals surface area contributed by atoms with Crippen molar-refractivity contribution in [1.82, 2.24) is 29.4 Å². The Morgan fingerprint density at radius 3 is 2.41 bits per heavy atom. The largest absolute Gasteiger partial charge is 0.444 e. The summed E-state index contributed by atoms with van der Waals surface area (Å²) in [6, 6.07) is 9.50. The van der Waals surface area contributed by atoms with Gasteiger partial charge in [-0.2, -0.15) is 5.10 Å². The third-order valence-corrected chi connectivity index (χ3v) is 8.61. The minimum atomic E-state index is -0.738. The van der Waals surface area contributed by atoms with Gasteiger partial charge in [0.15, 0.2) is 5.65 Å². The number of hydrogen-bond acceptors (Lipinski definition) is 9. The number of carbonyl (C=O) groups is 3. The number of aromatic nitrogens is 4. The molecule has 2 amide bonds. The highest BCUT2D eigenvalue weighted by Crippen LogP contribution is 2.30. The summed E-state index contributed by atoms with van der Waals surface area (Å²) < 4.78 is 20.2. The highest BCUT2D eigenvalue weighted by Gasteiger charge is 2.30. The first-order chi connectivity index (χ1) is 23.2. The van der Waals surface area contributed by atoms with Crippen molar-refractivity contribution in [2.24, 2.45) is 5.92 Å². The second kappa shape index (κ2) is 13.7. The zero-order valence-corrected chi connectivity index (χ0v) is 29.3. The topological polar surface area (TPSA) is 133 Å². The average molecular weight is 674 g/mol. The van der Waals surface area contributed by atoms with Crippen LogP contribution in [0.5, 0.6) is 0 Å². The van der Waals surface area contributed by atoms with Gasteiger partial charge in [0.05, 0.1) is 43.4 Å². The summed E-state index contributed by atoms with van der Waals surface area (Å²) in [5, 5.41) is 8.13. The van der Waals surface area contributed by atoms with Gasteiger partial charge in [0.25, 0.3) is 5.91 Å². The van der Waals surface area contributed by atoms with E-state index >= 15 is 0 Å². The van der Waals surface area contributed by atoms with Crippen LogP contribution < -0.4 is 10.2 Å². The van der Waals surface area contributed by atoms with E-state index in [1.165, 1.54) is 4.57 Å². The SMILES string of the molecule is CC(C)(C)OC(=O)N(Cc1cc2ccc(CNC(=O)c3cn4nccc(N5CCOCC5)c4n3)cc2n1C(=O)OC(C)(C)C)CC1CCC1. The normalized spacial score (nSPS) is 15.7. The van der Waals surface area contributed by atoms with Gasteiger partial charge >= 0.3 is 12.2 Å². The van der Waals surface area contributed by atoms with Crippen LogP contribution in [0.4, 0.5) is 15.3 Å². The van der Waals surface area contributed by atoms with Gasteiger partial charge < -0.3 is 29.3 Å². The lowest BCUT2D eigenvalue weighted by atomic mass is 9.85. The summed E-state index contributed by atoms with van der Waals surface area (Å²) in [4.78, 5) is 48.9. The highest BCUT2D eigenvalue weighted by atomic mass is 16.6. The lowest BCUT2D eigenvalue weighted by Crippen LogP contribution is -2.41. The highest BCUT2D eigenvalue weighted by molar-refractivity contribution is 5.94. The molecular weight excluding hydrogens is 626 g/mol. The Hall–Kier alpha value is -4.65. The molecule has 2 aliphatic rings. The zero-order valence-electron chi connectivity index (χ0n) is 29.3. The Morgan fingerprint density at radius 2 is 1.73 bits per heavy atom.